The standard InChI is InChI=1S/C39H40FN5O3/c1-21-26-11-10-16-47-37(26)29(40)18-27(21)35-28-19-33(44(7)38(28)42-22(2)34(35)36(23(3)46)48-39(4,5)6)31-13-9-12-30(43-31)24-14-15-32-25(17-24)20-41-45(32)8/h9,12-15,17-20,36H,10-11,16H2,1-8H3/t36-/m1/s1. The first-order valence-corrected chi connectivity index (χ1v) is 16.3. The molecule has 9 heteroatoms. The van der Waals surface area contributed by atoms with Crippen molar-refractivity contribution in [2.24, 2.45) is 14.1 Å². The summed E-state index contributed by atoms with van der Waals surface area (Å²) < 4.78 is 32.0. The molecule has 0 saturated carbocycles. The number of ketones is 1. The van der Waals surface area contributed by atoms with Crippen LogP contribution in [0.3, 0.4) is 0 Å². The van der Waals surface area contributed by atoms with E-state index in [0.717, 1.165) is 62.0 Å². The number of aromatic nitrogens is 5. The van der Waals surface area contributed by atoms with E-state index >= 15 is 4.39 Å². The van der Waals surface area contributed by atoms with Crippen LogP contribution in [0.5, 0.6) is 5.75 Å². The third-order valence-electron chi connectivity index (χ3n) is 9.26. The number of Topliss-reactive ketones (excluding diaryl/α,β-unsaturated/α-hetero) is 1. The molecule has 7 rings (SSSR count). The summed E-state index contributed by atoms with van der Waals surface area (Å²) in [5, 5.41) is 6.21. The Hall–Kier alpha value is -4.89. The number of halogens is 1. The number of ether oxygens (including phenoxy) is 2. The van der Waals surface area contributed by atoms with Gasteiger partial charge >= 0.3 is 0 Å². The number of fused-ring (bicyclic) bond motifs is 3. The van der Waals surface area contributed by atoms with Crippen LogP contribution in [0.1, 0.15) is 62.6 Å². The molecule has 0 aliphatic carbocycles. The van der Waals surface area contributed by atoms with E-state index in [1.807, 2.05) is 82.4 Å². The largest absolute Gasteiger partial charge is 0.490 e. The van der Waals surface area contributed by atoms with Crippen LogP contribution in [-0.4, -0.2) is 42.3 Å². The molecular formula is C39H40FN5O3. The molecule has 5 heterocycles. The lowest BCUT2D eigenvalue weighted by molar-refractivity contribution is -0.138. The summed E-state index contributed by atoms with van der Waals surface area (Å²) in [7, 11) is 3.89. The van der Waals surface area contributed by atoms with Crippen molar-refractivity contribution in [3.8, 4) is 39.5 Å². The second kappa shape index (κ2) is 11.7. The van der Waals surface area contributed by atoms with Gasteiger partial charge in [-0.05, 0) is 102 Å². The highest BCUT2D eigenvalue weighted by Crippen LogP contribution is 2.45. The van der Waals surface area contributed by atoms with Crippen LogP contribution in [-0.2, 0) is 30.0 Å². The predicted molar refractivity (Wildman–Crippen MR) is 187 cm³/mol. The van der Waals surface area contributed by atoms with Crippen molar-refractivity contribution < 1.29 is 18.7 Å². The third-order valence-corrected chi connectivity index (χ3v) is 9.26. The molecule has 0 N–H and O–H groups in total. The average Bonchev–Trinajstić information content (AvgIpc) is 3.59. The van der Waals surface area contributed by atoms with Crippen molar-refractivity contribution in [1.29, 1.82) is 0 Å². The lowest BCUT2D eigenvalue weighted by Gasteiger charge is -2.30. The minimum absolute atomic E-state index is 0.147. The number of hydrogen-bond donors (Lipinski definition) is 0. The molecule has 4 aromatic heterocycles. The van der Waals surface area contributed by atoms with Crippen LogP contribution in [0.2, 0.25) is 0 Å². The molecule has 1 atom stereocenters. The Balaban J connectivity index is 1.48. The molecule has 1 aliphatic rings. The van der Waals surface area contributed by atoms with Crippen molar-refractivity contribution in [3.63, 3.8) is 0 Å². The number of carbonyl (C=O) groups excluding carboxylic acids is 1. The fraction of sp³-hybridized carbons (Fsp3) is 0.333. The summed E-state index contributed by atoms with van der Waals surface area (Å²) in [5.41, 5.74) is 9.08. The third kappa shape index (κ3) is 5.36. The van der Waals surface area contributed by atoms with E-state index in [-0.39, 0.29) is 5.78 Å². The fourth-order valence-electron chi connectivity index (χ4n) is 6.99. The summed E-state index contributed by atoms with van der Waals surface area (Å²) in [5.74, 6) is -0.239. The Morgan fingerprint density at radius 3 is 2.56 bits per heavy atom. The summed E-state index contributed by atoms with van der Waals surface area (Å²) in [6.45, 7) is 11.7. The highest BCUT2D eigenvalue weighted by atomic mass is 19.1. The predicted octanol–water partition coefficient (Wildman–Crippen LogP) is 8.38. The van der Waals surface area contributed by atoms with Crippen LogP contribution in [0.15, 0.2) is 54.7 Å². The minimum atomic E-state index is -0.904. The summed E-state index contributed by atoms with van der Waals surface area (Å²) in [6, 6.07) is 15.8. The maximum absolute atomic E-state index is 15.9. The zero-order valence-corrected chi connectivity index (χ0v) is 28.7. The van der Waals surface area contributed by atoms with E-state index in [9.17, 15) is 4.79 Å². The number of pyridine rings is 2. The topological polar surface area (TPSA) is 84.1 Å². The van der Waals surface area contributed by atoms with Crippen molar-refractivity contribution in [1.82, 2.24) is 24.3 Å². The van der Waals surface area contributed by atoms with Gasteiger partial charge in [0.05, 0.1) is 41.0 Å². The van der Waals surface area contributed by atoms with Crippen LogP contribution in [0.4, 0.5) is 4.39 Å². The Morgan fingerprint density at radius 1 is 1.04 bits per heavy atom. The number of nitrogens with zero attached hydrogens (tertiary/aromatic N) is 5. The lowest BCUT2D eigenvalue weighted by Crippen LogP contribution is -2.27. The quantitative estimate of drug-likeness (QED) is 0.181. The summed E-state index contributed by atoms with van der Waals surface area (Å²) in [6.07, 6.45) is 2.47. The molecule has 8 nitrogen and oxygen atoms in total. The number of benzene rings is 2. The van der Waals surface area contributed by atoms with Gasteiger partial charge in [0.1, 0.15) is 11.8 Å². The van der Waals surface area contributed by atoms with Gasteiger partial charge in [0, 0.05) is 52.8 Å². The smallest absolute Gasteiger partial charge is 0.165 e. The number of carbonyl (C=O) groups is 1. The molecule has 2 aromatic carbocycles. The van der Waals surface area contributed by atoms with E-state index in [4.69, 9.17) is 19.4 Å². The van der Waals surface area contributed by atoms with E-state index in [2.05, 4.69) is 29.4 Å². The summed E-state index contributed by atoms with van der Waals surface area (Å²) in [4.78, 5) is 23.5. The molecular weight excluding hydrogens is 605 g/mol. The first kappa shape index (κ1) is 31.7. The van der Waals surface area contributed by atoms with Gasteiger partial charge in [0.25, 0.3) is 0 Å². The Kier molecular flexibility index (Phi) is 7.70. The zero-order valence-electron chi connectivity index (χ0n) is 28.7. The zero-order chi connectivity index (χ0) is 34.1. The number of hydrogen-bond acceptors (Lipinski definition) is 6. The Bertz CT molecular complexity index is 2260. The van der Waals surface area contributed by atoms with Crippen LogP contribution in [0.25, 0.3) is 55.7 Å². The van der Waals surface area contributed by atoms with Crippen molar-refractivity contribution in [2.45, 2.75) is 66.1 Å². The summed E-state index contributed by atoms with van der Waals surface area (Å²) >= 11 is 0. The average molecular weight is 646 g/mol. The molecule has 0 fully saturated rings. The SMILES string of the molecule is CC(=O)[C@@H](OC(C)(C)C)c1c(C)nc2c(cc(-c3cccc(-c4ccc5c(cnn5C)c4)n3)n2C)c1-c1cc(F)c2c(c1C)CCCO2. The molecule has 1 aliphatic heterocycles. The van der Waals surface area contributed by atoms with Gasteiger partial charge < -0.3 is 14.0 Å². The minimum Gasteiger partial charge on any atom is -0.490 e. The van der Waals surface area contributed by atoms with E-state index in [1.165, 1.54) is 6.92 Å². The van der Waals surface area contributed by atoms with Crippen molar-refractivity contribution in [2.75, 3.05) is 6.61 Å². The highest BCUT2D eigenvalue weighted by Gasteiger charge is 2.33. The molecule has 0 unspecified atom stereocenters. The maximum atomic E-state index is 15.9. The molecule has 0 amide bonds. The maximum Gasteiger partial charge on any atom is 0.165 e. The fourth-order valence-corrected chi connectivity index (χ4v) is 6.99. The van der Waals surface area contributed by atoms with E-state index in [1.54, 1.807) is 6.07 Å². The first-order chi connectivity index (χ1) is 22.8. The monoisotopic (exact) mass is 645 g/mol. The second-order valence-corrected chi connectivity index (χ2v) is 13.8. The van der Waals surface area contributed by atoms with Gasteiger partial charge in [-0.25, -0.2) is 14.4 Å². The van der Waals surface area contributed by atoms with E-state index in [0.29, 0.717) is 41.2 Å². The molecule has 246 valence electrons. The molecule has 0 radical (unpaired) electrons. The molecule has 0 spiro atoms. The molecule has 6 aromatic rings. The van der Waals surface area contributed by atoms with Crippen LogP contribution in [0, 0.1) is 19.7 Å². The van der Waals surface area contributed by atoms with Crippen LogP contribution < -0.4 is 4.74 Å². The lowest BCUT2D eigenvalue weighted by atomic mass is 9.86. The normalized spacial score (nSPS) is 13.9. The van der Waals surface area contributed by atoms with Crippen molar-refractivity contribution >= 4 is 27.7 Å². The Morgan fingerprint density at radius 2 is 1.81 bits per heavy atom. The second-order valence-electron chi connectivity index (χ2n) is 13.8. The van der Waals surface area contributed by atoms with Gasteiger partial charge in [-0.3, -0.25) is 9.48 Å². The van der Waals surface area contributed by atoms with Crippen LogP contribution >= 0.6 is 0 Å². The highest BCUT2D eigenvalue weighted by molar-refractivity contribution is 6.01. The van der Waals surface area contributed by atoms with Crippen molar-refractivity contribution in [3.05, 3.63) is 82.9 Å². The molecule has 0 bridgehead atoms. The number of aryl methyl sites for hydroxylation is 3. The Labute approximate surface area is 279 Å². The first-order valence-electron chi connectivity index (χ1n) is 16.3. The van der Waals surface area contributed by atoms with E-state index < -0.39 is 17.5 Å². The van der Waals surface area contributed by atoms with Gasteiger partial charge in [0.15, 0.2) is 17.3 Å². The number of rotatable bonds is 6. The van der Waals surface area contributed by atoms with Gasteiger partial charge in [-0.15, -0.1) is 0 Å². The molecule has 0 saturated heterocycles. The van der Waals surface area contributed by atoms with Gasteiger partial charge in [0.2, 0.25) is 0 Å². The molecule has 48 heavy (non-hydrogen) atoms. The van der Waals surface area contributed by atoms with Gasteiger partial charge in [-0.2, -0.15) is 5.10 Å². The van der Waals surface area contributed by atoms with Gasteiger partial charge in [-0.1, -0.05) is 12.1 Å².